The smallest absolute Gasteiger partial charge is 0.0540 e. The highest BCUT2D eigenvalue weighted by atomic mass is 15.3. The van der Waals surface area contributed by atoms with Crippen molar-refractivity contribution in [1.29, 1.82) is 0 Å². The number of rotatable bonds is 3. The molecule has 1 atom stereocenters. The minimum Gasteiger partial charge on any atom is -0.307 e. The van der Waals surface area contributed by atoms with E-state index in [-0.39, 0.29) is 0 Å². The summed E-state index contributed by atoms with van der Waals surface area (Å²) in [7, 11) is 1.99. The lowest BCUT2D eigenvalue weighted by Gasteiger charge is -2.12. The molecule has 1 fully saturated rings. The van der Waals surface area contributed by atoms with Crippen LogP contribution in [-0.4, -0.2) is 15.8 Å². The number of nitrogens with zero attached hydrogens (tertiary/aromatic N) is 2. The monoisotopic (exact) mass is 179 g/mol. The van der Waals surface area contributed by atoms with Gasteiger partial charge in [-0.1, -0.05) is 0 Å². The van der Waals surface area contributed by atoms with Gasteiger partial charge in [0.05, 0.1) is 6.20 Å². The van der Waals surface area contributed by atoms with Gasteiger partial charge in [0.25, 0.3) is 0 Å². The fraction of sp³-hybridized carbons (Fsp3) is 0.700. The van der Waals surface area contributed by atoms with E-state index < -0.39 is 0 Å². The van der Waals surface area contributed by atoms with Gasteiger partial charge >= 0.3 is 0 Å². The fourth-order valence-corrected chi connectivity index (χ4v) is 1.63. The van der Waals surface area contributed by atoms with E-state index in [4.69, 9.17) is 0 Å². The van der Waals surface area contributed by atoms with Crippen molar-refractivity contribution in [2.45, 2.75) is 38.8 Å². The third-order valence-corrected chi connectivity index (χ3v) is 2.80. The molecule has 0 saturated heterocycles. The summed E-state index contributed by atoms with van der Waals surface area (Å²) >= 11 is 0. The molecule has 0 aromatic carbocycles. The zero-order valence-corrected chi connectivity index (χ0v) is 8.54. The van der Waals surface area contributed by atoms with Crippen LogP contribution in [0.1, 0.15) is 37.1 Å². The van der Waals surface area contributed by atoms with Gasteiger partial charge in [-0.15, -0.1) is 0 Å². The maximum Gasteiger partial charge on any atom is 0.0540 e. The van der Waals surface area contributed by atoms with Crippen LogP contribution in [0.3, 0.4) is 0 Å². The lowest BCUT2D eigenvalue weighted by molar-refractivity contribution is 0.567. The van der Waals surface area contributed by atoms with Crippen LogP contribution in [0.4, 0.5) is 0 Å². The Morgan fingerprint density at radius 3 is 2.77 bits per heavy atom. The van der Waals surface area contributed by atoms with Gasteiger partial charge in [0.1, 0.15) is 0 Å². The second-order valence-electron chi connectivity index (χ2n) is 3.97. The SMILES string of the molecule is Cc1c(C(C)NC2CC2)cnn1C. The Morgan fingerprint density at radius 1 is 1.62 bits per heavy atom. The van der Waals surface area contributed by atoms with Crippen LogP contribution in [0.2, 0.25) is 0 Å². The van der Waals surface area contributed by atoms with Crippen molar-refractivity contribution >= 4 is 0 Å². The van der Waals surface area contributed by atoms with Crippen LogP contribution in [0.5, 0.6) is 0 Å². The molecule has 3 heteroatoms. The van der Waals surface area contributed by atoms with Crippen molar-refractivity contribution in [3.63, 3.8) is 0 Å². The van der Waals surface area contributed by atoms with Gasteiger partial charge in [0.15, 0.2) is 0 Å². The lowest BCUT2D eigenvalue weighted by Crippen LogP contribution is -2.21. The average molecular weight is 179 g/mol. The van der Waals surface area contributed by atoms with Gasteiger partial charge in [-0.3, -0.25) is 4.68 Å². The van der Waals surface area contributed by atoms with Crippen LogP contribution in [0.15, 0.2) is 6.20 Å². The van der Waals surface area contributed by atoms with Crippen LogP contribution in [0, 0.1) is 6.92 Å². The molecule has 0 aliphatic heterocycles. The van der Waals surface area contributed by atoms with Gasteiger partial charge in [-0.25, -0.2) is 0 Å². The summed E-state index contributed by atoms with van der Waals surface area (Å²) in [6.07, 6.45) is 4.64. The Morgan fingerprint density at radius 2 is 2.31 bits per heavy atom. The molecule has 0 amide bonds. The molecule has 2 rings (SSSR count). The molecule has 72 valence electrons. The first kappa shape index (κ1) is 8.75. The fourth-order valence-electron chi connectivity index (χ4n) is 1.63. The van der Waals surface area contributed by atoms with Gasteiger partial charge in [-0.2, -0.15) is 5.10 Å². The van der Waals surface area contributed by atoms with E-state index in [0.717, 1.165) is 6.04 Å². The highest BCUT2D eigenvalue weighted by Crippen LogP contribution is 2.24. The first-order chi connectivity index (χ1) is 6.18. The summed E-state index contributed by atoms with van der Waals surface area (Å²) < 4.78 is 1.93. The molecule has 1 saturated carbocycles. The van der Waals surface area contributed by atoms with Crippen LogP contribution >= 0.6 is 0 Å². The van der Waals surface area contributed by atoms with Crippen molar-refractivity contribution in [3.05, 3.63) is 17.5 Å². The van der Waals surface area contributed by atoms with E-state index in [2.05, 4.69) is 24.3 Å². The molecule has 0 bridgehead atoms. The molecule has 1 aliphatic carbocycles. The predicted molar refractivity (Wildman–Crippen MR) is 52.5 cm³/mol. The first-order valence-electron chi connectivity index (χ1n) is 4.93. The Balaban J connectivity index is 2.09. The molecule has 0 spiro atoms. The Hall–Kier alpha value is -0.830. The topological polar surface area (TPSA) is 29.9 Å². The van der Waals surface area contributed by atoms with Crippen molar-refractivity contribution in [2.24, 2.45) is 7.05 Å². The predicted octanol–water partition coefficient (Wildman–Crippen LogP) is 1.54. The zero-order chi connectivity index (χ0) is 9.42. The molecule has 1 N–H and O–H groups in total. The molecule has 3 nitrogen and oxygen atoms in total. The summed E-state index contributed by atoms with van der Waals surface area (Å²) in [6, 6.07) is 1.20. The number of aryl methyl sites for hydroxylation is 1. The minimum atomic E-state index is 0.446. The zero-order valence-electron chi connectivity index (χ0n) is 8.54. The molecule has 0 radical (unpaired) electrons. The molecule has 1 heterocycles. The van der Waals surface area contributed by atoms with Crippen molar-refractivity contribution in [2.75, 3.05) is 0 Å². The molecule has 1 unspecified atom stereocenters. The summed E-state index contributed by atoms with van der Waals surface area (Å²) in [6.45, 7) is 4.33. The van der Waals surface area contributed by atoms with E-state index in [0.29, 0.717) is 6.04 Å². The average Bonchev–Trinajstić information content (AvgIpc) is 2.82. The second-order valence-corrected chi connectivity index (χ2v) is 3.97. The third kappa shape index (κ3) is 1.75. The molecule has 1 aromatic rings. The molecular formula is C10H17N3. The summed E-state index contributed by atoms with van der Waals surface area (Å²) in [4.78, 5) is 0. The maximum absolute atomic E-state index is 4.24. The summed E-state index contributed by atoms with van der Waals surface area (Å²) in [5.74, 6) is 0. The first-order valence-corrected chi connectivity index (χ1v) is 4.93. The van der Waals surface area contributed by atoms with E-state index in [1.807, 2.05) is 17.9 Å². The van der Waals surface area contributed by atoms with Gasteiger partial charge in [-0.05, 0) is 26.7 Å². The van der Waals surface area contributed by atoms with Crippen molar-refractivity contribution in [1.82, 2.24) is 15.1 Å². The highest BCUT2D eigenvalue weighted by Gasteiger charge is 2.24. The van der Waals surface area contributed by atoms with Gasteiger partial charge in [0.2, 0.25) is 0 Å². The van der Waals surface area contributed by atoms with E-state index in [1.54, 1.807) is 0 Å². The van der Waals surface area contributed by atoms with Crippen molar-refractivity contribution in [3.8, 4) is 0 Å². The highest BCUT2D eigenvalue weighted by molar-refractivity contribution is 5.20. The van der Waals surface area contributed by atoms with E-state index in [9.17, 15) is 0 Å². The van der Waals surface area contributed by atoms with E-state index >= 15 is 0 Å². The number of aromatic nitrogens is 2. The Bertz CT molecular complexity index is 299. The molecule has 1 aromatic heterocycles. The van der Waals surface area contributed by atoms with Crippen LogP contribution < -0.4 is 5.32 Å². The summed E-state index contributed by atoms with van der Waals surface area (Å²) in [5, 5.41) is 7.81. The Labute approximate surface area is 79.1 Å². The number of hydrogen-bond acceptors (Lipinski definition) is 2. The van der Waals surface area contributed by atoms with Crippen LogP contribution in [0.25, 0.3) is 0 Å². The third-order valence-electron chi connectivity index (χ3n) is 2.80. The van der Waals surface area contributed by atoms with Gasteiger partial charge in [0, 0.05) is 30.4 Å². The molecule has 13 heavy (non-hydrogen) atoms. The molecule has 1 aliphatic rings. The van der Waals surface area contributed by atoms with Crippen molar-refractivity contribution < 1.29 is 0 Å². The molecular weight excluding hydrogens is 162 g/mol. The summed E-state index contributed by atoms with van der Waals surface area (Å²) in [5.41, 5.74) is 2.59. The standard InChI is InChI=1S/C10H17N3/c1-7(12-9-4-5-9)10-6-11-13(3)8(10)2/h6-7,9,12H,4-5H2,1-3H3. The van der Waals surface area contributed by atoms with E-state index in [1.165, 1.54) is 24.1 Å². The number of nitrogens with one attached hydrogen (secondary N) is 1. The largest absolute Gasteiger partial charge is 0.307 e. The minimum absolute atomic E-state index is 0.446. The number of hydrogen-bond donors (Lipinski definition) is 1. The quantitative estimate of drug-likeness (QED) is 0.762. The van der Waals surface area contributed by atoms with Gasteiger partial charge < -0.3 is 5.32 Å². The Kier molecular flexibility index (Phi) is 2.12. The van der Waals surface area contributed by atoms with Crippen LogP contribution in [-0.2, 0) is 7.05 Å². The normalized spacial score (nSPS) is 19.0. The second kappa shape index (κ2) is 3.14. The lowest BCUT2D eigenvalue weighted by atomic mass is 10.1. The maximum atomic E-state index is 4.24.